The number of aromatic nitrogens is 1. The van der Waals surface area contributed by atoms with Crippen molar-refractivity contribution < 1.29 is 12.8 Å². The van der Waals surface area contributed by atoms with E-state index in [0.29, 0.717) is 24.2 Å². The highest BCUT2D eigenvalue weighted by molar-refractivity contribution is 7.89. The molecule has 0 N–H and O–H groups in total. The lowest BCUT2D eigenvalue weighted by molar-refractivity contribution is 0.445. The highest BCUT2D eigenvalue weighted by Gasteiger charge is 2.22. The van der Waals surface area contributed by atoms with Crippen LogP contribution in [-0.4, -0.2) is 30.8 Å². The largest absolute Gasteiger partial charge is 0.443 e. The minimum atomic E-state index is -3.42. The predicted molar refractivity (Wildman–Crippen MR) is 64.1 cm³/mol. The van der Waals surface area contributed by atoms with Gasteiger partial charge in [-0.15, -0.1) is 0 Å². The molecule has 0 saturated carbocycles. The van der Waals surface area contributed by atoms with Crippen molar-refractivity contribution in [2.45, 2.75) is 18.7 Å². The molecule has 0 saturated heterocycles. The summed E-state index contributed by atoms with van der Waals surface area (Å²) in [4.78, 5) is 4.19. The SMILES string of the molecule is CCN(CC)S(=O)(=O)c1ccc2ncoc2c1. The highest BCUT2D eigenvalue weighted by Crippen LogP contribution is 2.20. The van der Waals surface area contributed by atoms with Gasteiger partial charge in [-0.1, -0.05) is 13.8 Å². The van der Waals surface area contributed by atoms with Gasteiger partial charge in [-0.3, -0.25) is 0 Å². The first-order valence-corrected chi connectivity index (χ1v) is 6.87. The normalized spacial score (nSPS) is 12.4. The zero-order valence-corrected chi connectivity index (χ0v) is 10.6. The van der Waals surface area contributed by atoms with E-state index in [0.717, 1.165) is 0 Å². The van der Waals surface area contributed by atoms with Crippen LogP contribution in [0.15, 0.2) is 33.9 Å². The zero-order valence-electron chi connectivity index (χ0n) is 9.75. The quantitative estimate of drug-likeness (QED) is 0.835. The maximum absolute atomic E-state index is 12.2. The molecule has 0 spiro atoms. The van der Waals surface area contributed by atoms with Gasteiger partial charge in [-0.05, 0) is 12.1 Å². The predicted octanol–water partition coefficient (Wildman–Crippen LogP) is 1.86. The van der Waals surface area contributed by atoms with Crippen LogP contribution in [0.25, 0.3) is 11.1 Å². The number of fused-ring (bicyclic) bond motifs is 1. The van der Waals surface area contributed by atoms with Gasteiger partial charge in [0.25, 0.3) is 0 Å². The average Bonchev–Trinajstić information content (AvgIpc) is 2.77. The van der Waals surface area contributed by atoms with Gasteiger partial charge in [0.1, 0.15) is 5.52 Å². The van der Waals surface area contributed by atoms with Crippen molar-refractivity contribution in [2.75, 3.05) is 13.1 Å². The number of benzene rings is 1. The second-order valence-electron chi connectivity index (χ2n) is 3.57. The van der Waals surface area contributed by atoms with Gasteiger partial charge < -0.3 is 4.42 Å². The second-order valence-corrected chi connectivity index (χ2v) is 5.51. The maximum atomic E-state index is 12.2. The molecule has 1 aromatic heterocycles. The number of oxazole rings is 1. The van der Waals surface area contributed by atoms with Crippen LogP contribution in [0, 0.1) is 0 Å². The van der Waals surface area contributed by atoms with Gasteiger partial charge in [0.2, 0.25) is 10.0 Å². The van der Waals surface area contributed by atoms with Crippen molar-refractivity contribution in [1.29, 1.82) is 0 Å². The van der Waals surface area contributed by atoms with Crippen molar-refractivity contribution in [2.24, 2.45) is 0 Å². The Morgan fingerprint density at radius 1 is 1.29 bits per heavy atom. The van der Waals surface area contributed by atoms with Crippen LogP contribution in [-0.2, 0) is 10.0 Å². The van der Waals surface area contributed by atoms with E-state index in [1.807, 2.05) is 13.8 Å². The summed E-state index contributed by atoms with van der Waals surface area (Å²) in [6, 6.07) is 4.71. The first kappa shape index (κ1) is 12.1. The van der Waals surface area contributed by atoms with Crippen molar-refractivity contribution in [3.63, 3.8) is 0 Å². The molecule has 0 atom stereocenters. The smallest absolute Gasteiger partial charge is 0.243 e. The summed E-state index contributed by atoms with van der Waals surface area (Å²) < 4.78 is 31.0. The van der Waals surface area contributed by atoms with Gasteiger partial charge in [-0.25, -0.2) is 13.4 Å². The number of rotatable bonds is 4. The second kappa shape index (κ2) is 4.46. The molecule has 17 heavy (non-hydrogen) atoms. The Labute approximate surface area is 100 Å². The van der Waals surface area contributed by atoms with Gasteiger partial charge in [0.05, 0.1) is 4.90 Å². The molecular formula is C11H14N2O3S. The third kappa shape index (κ3) is 2.05. The van der Waals surface area contributed by atoms with E-state index in [1.54, 1.807) is 12.1 Å². The molecule has 5 nitrogen and oxygen atoms in total. The molecule has 1 aromatic carbocycles. The molecule has 0 bridgehead atoms. The molecule has 0 aliphatic heterocycles. The third-order valence-corrected chi connectivity index (χ3v) is 4.69. The van der Waals surface area contributed by atoms with Gasteiger partial charge in [-0.2, -0.15) is 4.31 Å². The number of sulfonamides is 1. The van der Waals surface area contributed by atoms with E-state index < -0.39 is 10.0 Å². The van der Waals surface area contributed by atoms with E-state index in [2.05, 4.69) is 4.98 Å². The van der Waals surface area contributed by atoms with Crippen LogP contribution in [0.2, 0.25) is 0 Å². The molecule has 0 fully saturated rings. The van der Waals surface area contributed by atoms with Crippen molar-refractivity contribution in [3.05, 3.63) is 24.6 Å². The number of hydrogen-bond acceptors (Lipinski definition) is 4. The molecule has 2 rings (SSSR count). The molecule has 92 valence electrons. The summed E-state index contributed by atoms with van der Waals surface area (Å²) in [5.41, 5.74) is 1.14. The number of nitrogens with zero attached hydrogens (tertiary/aromatic N) is 2. The average molecular weight is 254 g/mol. The molecule has 6 heteroatoms. The lowest BCUT2D eigenvalue weighted by atomic mass is 10.3. The fraction of sp³-hybridized carbons (Fsp3) is 0.364. The van der Waals surface area contributed by atoms with Crippen molar-refractivity contribution in [1.82, 2.24) is 9.29 Å². The minimum Gasteiger partial charge on any atom is -0.443 e. The van der Waals surface area contributed by atoms with Crippen LogP contribution in [0.3, 0.4) is 0 Å². The Kier molecular flexibility index (Phi) is 3.17. The van der Waals surface area contributed by atoms with Crippen molar-refractivity contribution >= 4 is 21.1 Å². The summed E-state index contributed by atoms with van der Waals surface area (Å²) in [6.07, 6.45) is 1.30. The van der Waals surface area contributed by atoms with Gasteiger partial charge >= 0.3 is 0 Å². The molecule has 2 aromatic rings. The van der Waals surface area contributed by atoms with Gasteiger partial charge in [0, 0.05) is 19.2 Å². The summed E-state index contributed by atoms with van der Waals surface area (Å²) in [7, 11) is -3.42. The Bertz CT molecular complexity index is 614. The lowest BCUT2D eigenvalue weighted by Crippen LogP contribution is -2.30. The topological polar surface area (TPSA) is 63.4 Å². The maximum Gasteiger partial charge on any atom is 0.243 e. The van der Waals surface area contributed by atoms with E-state index in [4.69, 9.17) is 4.42 Å². The molecule has 0 aliphatic rings. The first-order chi connectivity index (χ1) is 8.09. The summed E-state index contributed by atoms with van der Waals surface area (Å²) in [6.45, 7) is 4.53. The van der Waals surface area contributed by atoms with E-state index >= 15 is 0 Å². The van der Waals surface area contributed by atoms with Crippen LogP contribution in [0.5, 0.6) is 0 Å². The summed E-state index contributed by atoms with van der Waals surface area (Å²) >= 11 is 0. The van der Waals surface area contributed by atoms with E-state index in [-0.39, 0.29) is 4.90 Å². The molecule has 0 amide bonds. The van der Waals surface area contributed by atoms with Gasteiger partial charge in [0.15, 0.2) is 12.0 Å². The highest BCUT2D eigenvalue weighted by atomic mass is 32.2. The van der Waals surface area contributed by atoms with E-state index in [1.165, 1.54) is 16.8 Å². The minimum absolute atomic E-state index is 0.241. The van der Waals surface area contributed by atoms with Crippen LogP contribution in [0.4, 0.5) is 0 Å². The summed E-state index contributed by atoms with van der Waals surface area (Å²) in [5.74, 6) is 0. The zero-order chi connectivity index (χ0) is 12.5. The van der Waals surface area contributed by atoms with Crippen molar-refractivity contribution in [3.8, 4) is 0 Å². The first-order valence-electron chi connectivity index (χ1n) is 5.43. The van der Waals surface area contributed by atoms with Crippen LogP contribution < -0.4 is 0 Å². The van der Waals surface area contributed by atoms with Crippen LogP contribution in [0.1, 0.15) is 13.8 Å². The van der Waals surface area contributed by atoms with E-state index in [9.17, 15) is 8.42 Å². The molecule has 0 radical (unpaired) electrons. The third-order valence-electron chi connectivity index (χ3n) is 2.65. The monoisotopic (exact) mass is 254 g/mol. The molecule has 0 aliphatic carbocycles. The lowest BCUT2D eigenvalue weighted by Gasteiger charge is -2.18. The Balaban J connectivity index is 2.51. The standard InChI is InChI=1S/C11H14N2O3S/c1-3-13(4-2)17(14,15)9-5-6-10-11(7-9)16-8-12-10/h5-8H,3-4H2,1-2H3. The molecule has 1 heterocycles. The molecule has 0 unspecified atom stereocenters. The Morgan fingerprint density at radius 2 is 2.00 bits per heavy atom. The van der Waals surface area contributed by atoms with Crippen LogP contribution >= 0.6 is 0 Å². The number of hydrogen-bond donors (Lipinski definition) is 0. The Morgan fingerprint density at radius 3 is 2.65 bits per heavy atom. The fourth-order valence-corrected chi connectivity index (χ4v) is 3.18. The Hall–Kier alpha value is -1.40. The molecular weight excluding hydrogens is 240 g/mol. The fourth-order valence-electron chi connectivity index (χ4n) is 1.71. The summed E-state index contributed by atoms with van der Waals surface area (Å²) in [5, 5.41) is 0.